The maximum atomic E-state index is 12.9. The summed E-state index contributed by atoms with van der Waals surface area (Å²) in [6.45, 7) is 1.32. The molecular formula is C21H19F3N2O2S. The standard InChI is InChI=1S/C21H19F3N2O2S/c22-21(23,24)16-6-7-18-17(12-16)25-19(29-18)15-8-10-26(11-9-15)20(27)28-13-14-4-2-1-3-5-14/h1-7,12,15H,8-11,13H2. The van der Waals surface area contributed by atoms with Crippen LogP contribution in [0.1, 0.15) is 34.9 Å². The number of amides is 1. The lowest BCUT2D eigenvalue weighted by atomic mass is 9.98. The van der Waals surface area contributed by atoms with Crippen molar-refractivity contribution < 1.29 is 22.7 Å². The summed E-state index contributed by atoms with van der Waals surface area (Å²) >= 11 is 1.43. The van der Waals surface area contributed by atoms with Crippen LogP contribution in [0.15, 0.2) is 48.5 Å². The molecule has 8 heteroatoms. The van der Waals surface area contributed by atoms with Crippen molar-refractivity contribution in [1.29, 1.82) is 0 Å². The lowest BCUT2D eigenvalue weighted by molar-refractivity contribution is -0.137. The number of halogens is 3. The number of fused-ring (bicyclic) bond motifs is 1. The van der Waals surface area contributed by atoms with Gasteiger partial charge in [0.1, 0.15) is 6.61 Å². The molecule has 0 saturated carbocycles. The Hall–Kier alpha value is -2.61. The highest BCUT2D eigenvalue weighted by Crippen LogP contribution is 2.37. The smallest absolute Gasteiger partial charge is 0.416 e. The molecule has 0 radical (unpaired) electrons. The first-order chi connectivity index (χ1) is 13.9. The molecule has 152 valence electrons. The van der Waals surface area contributed by atoms with Crippen LogP contribution in [-0.2, 0) is 17.5 Å². The quantitative estimate of drug-likeness (QED) is 0.535. The lowest BCUT2D eigenvalue weighted by Crippen LogP contribution is -2.38. The van der Waals surface area contributed by atoms with Crippen molar-refractivity contribution in [1.82, 2.24) is 9.88 Å². The minimum Gasteiger partial charge on any atom is -0.445 e. The Labute approximate surface area is 169 Å². The number of thiazole rings is 1. The van der Waals surface area contributed by atoms with Gasteiger partial charge in [-0.25, -0.2) is 9.78 Å². The summed E-state index contributed by atoms with van der Waals surface area (Å²) in [5.74, 6) is 0.139. The van der Waals surface area contributed by atoms with E-state index in [9.17, 15) is 18.0 Å². The summed E-state index contributed by atoms with van der Waals surface area (Å²) in [5, 5.41) is 0.830. The average molecular weight is 420 g/mol. The van der Waals surface area contributed by atoms with E-state index in [1.54, 1.807) is 4.90 Å². The molecule has 0 atom stereocenters. The second-order valence-electron chi connectivity index (χ2n) is 7.03. The first-order valence-corrected chi connectivity index (χ1v) is 10.1. The van der Waals surface area contributed by atoms with Gasteiger partial charge < -0.3 is 9.64 Å². The molecule has 4 rings (SSSR count). The van der Waals surface area contributed by atoms with Gasteiger partial charge in [0, 0.05) is 19.0 Å². The predicted octanol–water partition coefficient (Wildman–Crippen LogP) is 5.83. The van der Waals surface area contributed by atoms with Crippen LogP contribution >= 0.6 is 11.3 Å². The van der Waals surface area contributed by atoms with E-state index in [-0.39, 0.29) is 18.6 Å². The highest BCUT2D eigenvalue weighted by atomic mass is 32.1. The zero-order valence-corrected chi connectivity index (χ0v) is 16.3. The van der Waals surface area contributed by atoms with Crippen molar-refractivity contribution in [3.8, 4) is 0 Å². The molecular weight excluding hydrogens is 401 g/mol. The Morgan fingerprint density at radius 1 is 1.14 bits per heavy atom. The first-order valence-electron chi connectivity index (χ1n) is 9.33. The summed E-state index contributed by atoms with van der Waals surface area (Å²) < 4.78 is 44.8. The van der Waals surface area contributed by atoms with E-state index in [1.165, 1.54) is 17.4 Å². The molecule has 29 heavy (non-hydrogen) atoms. The van der Waals surface area contributed by atoms with Crippen molar-refractivity contribution in [2.45, 2.75) is 31.5 Å². The SMILES string of the molecule is O=C(OCc1ccccc1)N1CCC(c2nc3cc(C(F)(F)F)ccc3s2)CC1. The highest BCUT2D eigenvalue weighted by Gasteiger charge is 2.31. The third kappa shape index (κ3) is 4.53. The number of benzene rings is 2. The Bertz CT molecular complexity index is 996. The molecule has 1 aliphatic rings. The topological polar surface area (TPSA) is 42.4 Å². The van der Waals surface area contributed by atoms with Crippen LogP contribution in [0.5, 0.6) is 0 Å². The van der Waals surface area contributed by atoms with E-state index < -0.39 is 11.7 Å². The van der Waals surface area contributed by atoms with Gasteiger partial charge in [-0.05, 0) is 36.6 Å². The van der Waals surface area contributed by atoms with Crippen molar-refractivity contribution >= 4 is 27.6 Å². The van der Waals surface area contributed by atoms with Crippen LogP contribution in [-0.4, -0.2) is 29.1 Å². The zero-order valence-electron chi connectivity index (χ0n) is 15.5. The molecule has 1 aromatic heterocycles. The van der Waals surface area contributed by atoms with Crippen molar-refractivity contribution in [3.63, 3.8) is 0 Å². The molecule has 1 saturated heterocycles. The van der Waals surface area contributed by atoms with Gasteiger partial charge in [0.2, 0.25) is 0 Å². The molecule has 0 N–H and O–H groups in total. The van der Waals surface area contributed by atoms with Crippen molar-refractivity contribution in [3.05, 3.63) is 64.7 Å². The molecule has 1 amide bonds. The molecule has 0 spiro atoms. The molecule has 2 heterocycles. The van der Waals surface area contributed by atoms with Gasteiger partial charge >= 0.3 is 12.3 Å². The second-order valence-corrected chi connectivity index (χ2v) is 8.10. The van der Waals surface area contributed by atoms with Gasteiger partial charge in [-0.15, -0.1) is 11.3 Å². The van der Waals surface area contributed by atoms with E-state index in [0.717, 1.165) is 27.4 Å². The third-order valence-electron chi connectivity index (χ3n) is 5.04. The van der Waals surface area contributed by atoms with Gasteiger partial charge in [-0.3, -0.25) is 0 Å². The van der Waals surface area contributed by atoms with Crippen LogP contribution in [0.2, 0.25) is 0 Å². The number of piperidine rings is 1. The van der Waals surface area contributed by atoms with E-state index >= 15 is 0 Å². The van der Waals surface area contributed by atoms with Gasteiger partial charge in [-0.2, -0.15) is 13.2 Å². The molecule has 1 aliphatic heterocycles. The van der Waals surface area contributed by atoms with Crippen LogP contribution in [0.25, 0.3) is 10.2 Å². The van der Waals surface area contributed by atoms with Gasteiger partial charge in [-0.1, -0.05) is 30.3 Å². The Morgan fingerprint density at radius 3 is 2.55 bits per heavy atom. The number of nitrogens with zero attached hydrogens (tertiary/aromatic N) is 2. The number of hydrogen-bond acceptors (Lipinski definition) is 4. The maximum absolute atomic E-state index is 12.9. The molecule has 4 nitrogen and oxygen atoms in total. The number of carbonyl (C=O) groups is 1. The van der Waals surface area contributed by atoms with E-state index in [4.69, 9.17) is 4.74 Å². The number of rotatable bonds is 3. The third-order valence-corrected chi connectivity index (χ3v) is 6.24. The van der Waals surface area contributed by atoms with Crippen molar-refractivity contribution in [2.75, 3.05) is 13.1 Å². The van der Waals surface area contributed by atoms with E-state index in [2.05, 4.69) is 4.98 Å². The monoisotopic (exact) mass is 420 g/mol. The highest BCUT2D eigenvalue weighted by molar-refractivity contribution is 7.18. The van der Waals surface area contributed by atoms with Crippen molar-refractivity contribution in [2.24, 2.45) is 0 Å². The van der Waals surface area contributed by atoms with Gasteiger partial charge in [0.25, 0.3) is 0 Å². The summed E-state index contributed by atoms with van der Waals surface area (Å²) in [7, 11) is 0. The summed E-state index contributed by atoms with van der Waals surface area (Å²) in [6.07, 6.45) is -3.28. The van der Waals surface area contributed by atoms with Crippen LogP contribution in [0, 0.1) is 0 Å². The fraction of sp³-hybridized carbons (Fsp3) is 0.333. The van der Waals surface area contributed by atoms with Crippen LogP contribution in [0.3, 0.4) is 0 Å². The van der Waals surface area contributed by atoms with Gasteiger partial charge in [0.05, 0.1) is 20.8 Å². The summed E-state index contributed by atoms with van der Waals surface area (Å²) in [4.78, 5) is 18.4. The van der Waals surface area contributed by atoms with Crippen LogP contribution < -0.4 is 0 Å². The Morgan fingerprint density at radius 2 is 1.86 bits per heavy atom. The van der Waals surface area contributed by atoms with Gasteiger partial charge in [0.15, 0.2) is 0 Å². The predicted molar refractivity (Wildman–Crippen MR) is 105 cm³/mol. The van der Waals surface area contributed by atoms with Crippen LogP contribution in [0.4, 0.5) is 18.0 Å². The number of alkyl halides is 3. The lowest BCUT2D eigenvalue weighted by Gasteiger charge is -2.30. The molecule has 1 fully saturated rings. The summed E-state index contributed by atoms with van der Waals surface area (Å²) in [6, 6.07) is 13.2. The second kappa shape index (κ2) is 8.02. The normalized spacial score (nSPS) is 15.6. The molecule has 0 unspecified atom stereocenters. The Kier molecular flexibility index (Phi) is 5.45. The number of ether oxygens (including phenoxy) is 1. The number of carbonyl (C=O) groups excluding carboxylic acids is 1. The molecule has 0 bridgehead atoms. The summed E-state index contributed by atoms with van der Waals surface area (Å²) in [5.41, 5.74) is 0.630. The minimum atomic E-state index is -4.37. The Balaban J connectivity index is 1.36. The minimum absolute atomic E-state index is 0.139. The average Bonchev–Trinajstić information content (AvgIpc) is 3.16. The molecule has 0 aliphatic carbocycles. The maximum Gasteiger partial charge on any atom is 0.416 e. The van der Waals surface area contributed by atoms with E-state index in [0.29, 0.717) is 31.4 Å². The number of hydrogen-bond donors (Lipinski definition) is 0. The first kappa shape index (κ1) is 19.7. The number of likely N-dealkylation sites (tertiary alicyclic amines) is 1. The number of aromatic nitrogens is 1. The molecule has 2 aromatic carbocycles. The zero-order chi connectivity index (χ0) is 20.4. The molecule has 3 aromatic rings. The largest absolute Gasteiger partial charge is 0.445 e. The van der Waals surface area contributed by atoms with E-state index in [1.807, 2.05) is 30.3 Å². The fourth-order valence-electron chi connectivity index (χ4n) is 3.42. The fourth-order valence-corrected chi connectivity index (χ4v) is 4.53.